The molecule has 1 aliphatic carbocycles. The number of fused-ring (bicyclic) bond motifs is 3. The summed E-state index contributed by atoms with van der Waals surface area (Å²) < 4.78 is 1.59. The number of imidazole rings is 1. The van der Waals surface area contributed by atoms with E-state index in [4.69, 9.17) is 0 Å². The molecule has 0 bridgehead atoms. The van der Waals surface area contributed by atoms with Crippen molar-refractivity contribution in [3.8, 4) is 0 Å². The highest BCUT2D eigenvalue weighted by Gasteiger charge is 2.39. The number of hydrogen-bond acceptors (Lipinski definition) is 5. The van der Waals surface area contributed by atoms with Gasteiger partial charge in [0.1, 0.15) is 23.3 Å². The van der Waals surface area contributed by atoms with E-state index in [1.54, 1.807) is 4.57 Å². The maximum Gasteiger partial charge on any atom is 0.230 e. The van der Waals surface area contributed by atoms with Crippen LogP contribution in [0.4, 0.5) is 0 Å². The molecule has 1 unspecified atom stereocenters. The molecule has 0 radical (unpaired) electrons. The van der Waals surface area contributed by atoms with Gasteiger partial charge in [-0.1, -0.05) is 0 Å². The average Bonchev–Trinajstić information content (AvgIpc) is 2.92. The molecule has 0 aromatic carbocycles. The summed E-state index contributed by atoms with van der Waals surface area (Å²) in [5.41, 5.74) is 0.398. The minimum atomic E-state index is -0.759. The summed E-state index contributed by atoms with van der Waals surface area (Å²) in [7, 11) is 0. The summed E-state index contributed by atoms with van der Waals surface area (Å²) >= 11 is 0. The predicted molar refractivity (Wildman–Crippen MR) is 67.0 cm³/mol. The Balaban J connectivity index is 2.16. The standard InChI is InChI=1S/C13H13N3O4/c1-5-8(14-6(2)17)12(20)9-10(11(5)19)16-4-3-7(18)13(16)15-9/h7,18H,3-4H2,1-2H3,(H,14,17). The van der Waals surface area contributed by atoms with Gasteiger partial charge in [-0.25, -0.2) is 4.98 Å². The van der Waals surface area contributed by atoms with Crippen LogP contribution in [-0.2, 0) is 11.3 Å². The summed E-state index contributed by atoms with van der Waals surface area (Å²) in [6, 6.07) is 0. The van der Waals surface area contributed by atoms with Crippen molar-refractivity contribution >= 4 is 17.5 Å². The topological polar surface area (TPSA) is 101 Å². The number of carbonyl (C=O) groups is 3. The monoisotopic (exact) mass is 275 g/mol. The lowest BCUT2D eigenvalue weighted by molar-refractivity contribution is -0.118. The highest BCUT2D eigenvalue weighted by atomic mass is 16.3. The molecule has 20 heavy (non-hydrogen) atoms. The van der Waals surface area contributed by atoms with Crippen molar-refractivity contribution in [1.82, 2.24) is 14.9 Å². The molecule has 7 heteroatoms. The van der Waals surface area contributed by atoms with E-state index in [-0.39, 0.29) is 28.4 Å². The third kappa shape index (κ3) is 1.56. The van der Waals surface area contributed by atoms with E-state index in [1.807, 2.05) is 0 Å². The summed E-state index contributed by atoms with van der Waals surface area (Å²) in [4.78, 5) is 39.9. The Bertz CT molecular complexity index is 699. The molecule has 1 aromatic heterocycles. The van der Waals surface area contributed by atoms with Crippen molar-refractivity contribution in [2.24, 2.45) is 0 Å². The first-order valence-electron chi connectivity index (χ1n) is 6.28. The van der Waals surface area contributed by atoms with Crippen LogP contribution in [0.15, 0.2) is 11.3 Å². The van der Waals surface area contributed by atoms with Crippen LogP contribution in [0.1, 0.15) is 53.2 Å². The van der Waals surface area contributed by atoms with Crippen molar-refractivity contribution in [3.63, 3.8) is 0 Å². The number of aliphatic hydroxyl groups is 1. The molecule has 104 valence electrons. The second-order valence-electron chi connectivity index (χ2n) is 4.96. The molecule has 3 rings (SSSR count). The lowest BCUT2D eigenvalue weighted by Crippen LogP contribution is -2.33. The first-order valence-corrected chi connectivity index (χ1v) is 6.28. The normalized spacial score (nSPS) is 21.1. The van der Waals surface area contributed by atoms with Crippen LogP contribution >= 0.6 is 0 Å². The third-order valence-electron chi connectivity index (χ3n) is 3.60. The third-order valence-corrected chi connectivity index (χ3v) is 3.60. The fraction of sp³-hybridized carbons (Fsp3) is 0.385. The summed E-state index contributed by atoms with van der Waals surface area (Å²) in [6.07, 6.45) is -0.274. The lowest BCUT2D eigenvalue weighted by atomic mass is 9.95. The number of allylic oxidation sites excluding steroid dienone is 2. The molecule has 7 nitrogen and oxygen atoms in total. The van der Waals surface area contributed by atoms with Crippen molar-refractivity contribution in [1.29, 1.82) is 0 Å². The van der Waals surface area contributed by atoms with E-state index in [9.17, 15) is 19.5 Å². The number of ketones is 2. The van der Waals surface area contributed by atoms with Gasteiger partial charge in [0, 0.05) is 19.0 Å². The lowest BCUT2D eigenvalue weighted by Gasteiger charge is -2.16. The minimum Gasteiger partial charge on any atom is -0.385 e. The van der Waals surface area contributed by atoms with Gasteiger partial charge >= 0.3 is 0 Å². The second-order valence-corrected chi connectivity index (χ2v) is 4.96. The fourth-order valence-electron chi connectivity index (χ4n) is 2.63. The molecule has 0 spiro atoms. The molecule has 2 aliphatic rings. The Morgan fingerprint density at radius 1 is 1.40 bits per heavy atom. The number of nitrogens with zero attached hydrogens (tertiary/aromatic N) is 2. The van der Waals surface area contributed by atoms with Gasteiger partial charge in [-0.2, -0.15) is 0 Å². The van der Waals surface area contributed by atoms with Crippen LogP contribution in [0.3, 0.4) is 0 Å². The Hall–Kier alpha value is -2.28. The van der Waals surface area contributed by atoms with Gasteiger partial charge < -0.3 is 15.0 Å². The largest absolute Gasteiger partial charge is 0.385 e. The van der Waals surface area contributed by atoms with Crippen LogP contribution in [0, 0.1) is 0 Å². The minimum absolute atomic E-state index is 0.0121. The molecule has 2 heterocycles. The molecular weight excluding hydrogens is 262 g/mol. The Labute approximate surface area is 114 Å². The van der Waals surface area contributed by atoms with Gasteiger partial charge in [-0.15, -0.1) is 0 Å². The SMILES string of the molecule is CC(=O)NC1=C(C)C(=O)c2c(nc3n2CCC3O)C1=O. The summed E-state index contributed by atoms with van der Waals surface area (Å²) in [6.45, 7) is 3.23. The molecule has 0 saturated carbocycles. The Kier molecular flexibility index (Phi) is 2.62. The van der Waals surface area contributed by atoms with Crippen LogP contribution in [0.2, 0.25) is 0 Å². The van der Waals surface area contributed by atoms with Gasteiger partial charge in [-0.05, 0) is 13.3 Å². The first kappa shape index (κ1) is 12.7. The molecule has 0 fully saturated rings. The van der Waals surface area contributed by atoms with E-state index < -0.39 is 17.8 Å². The maximum absolute atomic E-state index is 12.4. The van der Waals surface area contributed by atoms with Gasteiger partial charge in [0.15, 0.2) is 0 Å². The number of Topliss-reactive ketones (excluding diaryl/α,β-unsaturated/α-hetero) is 2. The molecule has 1 aliphatic heterocycles. The van der Waals surface area contributed by atoms with Crippen LogP contribution in [0.5, 0.6) is 0 Å². The highest BCUT2D eigenvalue weighted by molar-refractivity contribution is 6.26. The molecule has 1 atom stereocenters. The van der Waals surface area contributed by atoms with Gasteiger partial charge in [0.25, 0.3) is 0 Å². The second kappa shape index (κ2) is 4.11. The van der Waals surface area contributed by atoms with Crippen molar-refractivity contribution < 1.29 is 19.5 Å². The fourth-order valence-corrected chi connectivity index (χ4v) is 2.63. The Morgan fingerprint density at radius 2 is 2.10 bits per heavy atom. The molecule has 1 aromatic rings. The zero-order valence-corrected chi connectivity index (χ0v) is 11.1. The molecule has 2 N–H and O–H groups in total. The van der Waals surface area contributed by atoms with Gasteiger partial charge in [0.2, 0.25) is 17.5 Å². The van der Waals surface area contributed by atoms with Gasteiger partial charge in [-0.3, -0.25) is 14.4 Å². The molecular formula is C13H13N3O4. The average molecular weight is 275 g/mol. The molecule has 1 amide bonds. The van der Waals surface area contributed by atoms with Crippen molar-refractivity contribution in [2.45, 2.75) is 32.9 Å². The van der Waals surface area contributed by atoms with Crippen molar-refractivity contribution in [3.05, 3.63) is 28.5 Å². The van der Waals surface area contributed by atoms with Crippen LogP contribution in [0.25, 0.3) is 0 Å². The Morgan fingerprint density at radius 3 is 2.75 bits per heavy atom. The summed E-state index contributed by atoms with van der Waals surface area (Å²) in [5.74, 6) is -0.901. The van der Waals surface area contributed by atoms with E-state index in [2.05, 4.69) is 10.3 Å². The quantitative estimate of drug-likeness (QED) is 0.757. The number of nitrogens with one attached hydrogen (secondary N) is 1. The van der Waals surface area contributed by atoms with Crippen LogP contribution in [-0.4, -0.2) is 32.1 Å². The first-order chi connectivity index (χ1) is 9.41. The highest BCUT2D eigenvalue weighted by Crippen LogP contribution is 2.32. The zero-order chi connectivity index (χ0) is 14.6. The van der Waals surface area contributed by atoms with Gasteiger partial charge in [0.05, 0.1) is 5.70 Å². The number of amides is 1. The summed E-state index contributed by atoms with van der Waals surface area (Å²) in [5, 5.41) is 12.2. The predicted octanol–water partition coefficient (Wildman–Crippen LogP) is 0.109. The zero-order valence-electron chi connectivity index (χ0n) is 11.1. The van der Waals surface area contributed by atoms with Crippen molar-refractivity contribution in [2.75, 3.05) is 0 Å². The van der Waals surface area contributed by atoms with E-state index in [1.165, 1.54) is 13.8 Å². The maximum atomic E-state index is 12.4. The van der Waals surface area contributed by atoms with E-state index in [0.717, 1.165) is 0 Å². The number of aromatic nitrogens is 2. The number of hydrogen-bond donors (Lipinski definition) is 2. The number of carbonyl (C=O) groups excluding carboxylic acids is 3. The number of rotatable bonds is 1. The number of aliphatic hydroxyl groups excluding tert-OH is 1. The smallest absolute Gasteiger partial charge is 0.230 e. The van der Waals surface area contributed by atoms with Crippen LogP contribution < -0.4 is 5.32 Å². The van der Waals surface area contributed by atoms with E-state index in [0.29, 0.717) is 18.8 Å². The molecule has 0 saturated heterocycles. The van der Waals surface area contributed by atoms with E-state index >= 15 is 0 Å².